The van der Waals surface area contributed by atoms with E-state index in [2.05, 4.69) is 5.32 Å². The third kappa shape index (κ3) is 3.97. The summed E-state index contributed by atoms with van der Waals surface area (Å²) < 4.78 is 5.20. The Kier molecular flexibility index (Phi) is 4.87. The second-order valence-electron chi connectivity index (χ2n) is 9.21. The van der Waals surface area contributed by atoms with Crippen molar-refractivity contribution >= 4 is 17.6 Å². The van der Waals surface area contributed by atoms with Crippen molar-refractivity contribution in [1.29, 1.82) is 0 Å². The SMILES string of the molecule is CN(C)c1ccc(C(=O)OCC(=O)NCC23CC4CC(CC(C4)C2)C3)cc1. The van der Waals surface area contributed by atoms with Gasteiger partial charge in [0.05, 0.1) is 5.56 Å². The molecule has 5 rings (SSSR count). The van der Waals surface area contributed by atoms with Gasteiger partial charge in [-0.05, 0) is 86.0 Å². The van der Waals surface area contributed by atoms with E-state index in [4.69, 9.17) is 4.74 Å². The molecule has 0 aliphatic heterocycles. The third-order valence-corrected chi connectivity index (χ3v) is 6.78. The van der Waals surface area contributed by atoms with E-state index >= 15 is 0 Å². The molecule has 4 bridgehead atoms. The number of ether oxygens (including phenoxy) is 1. The van der Waals surface area contributed by atoms with Crippen LogP contribution in [0, 0.1) is 23.2 Å². The van der Waals surface area contributed by atoms with Crippen molar-refractivity contribution < 1.29 is 14.3 Å². The molecule has 0 heterocycles. The Hall–Kier alpha value is -2.04. The van der Waals surface area contributed by atoms with Crippen molar-refractivity contribution in [1.82, 2.24) is 5.32 Å². The van der Waals surface area contributed by atoms with Crippen molar-refractivity contribution in [3.63, 3.8) is 0 Å². The maximum atomic E-state index is 12.2. The van der Waals surface area contributed by atoms with Crippen LogP contribution in [-0.2, 0) is 9.53 Å². The minimum atomic E-state index is -0.453. The Balaban J connectivity index is 1.24. The zero-order chi connectivity index (χ0) is 19.0. The van der Waals surface area contributed by atoms with Gasteiger partial charge < -0.3 is 15.0 Å². The molecule has 0 unspecified atom stereocenters. The van der Waals surface area contributed by atoms with Gasteiger partial charge in [-0.15, -0.1) is 0 Å². The lowest BCUT2D eigenvalue weighted by atomic mass is 9.49. The quantitative estimate of drug-likeness (QED) is 0.781. The molecule has 4 aliphatic rings. The summed E-state index contributed by atoms with van der Waals surface area (Å²) in [5.74, 6) is 1.97. The van der Waals surface area contributed by atoms with Crippen LogP contribution in [0.5, 0.6) is 0 Å². The summed E-state index contributed by atoms with van der Waals surface area (Å²) in [5, 5.41) is 3.05. The largest absolute Gasteiger partial charge is 0.452 e. The molecule has 146 valence electrons. The maximum Gasteiger partial charge on any atom is 0.338 e. The number of nitrogens with zero attached hydrogens (tertiary/aromatic N) is 1. The Labute approximate surface area is 161 Å². The van der Waals surface area contributed by atoms with Gasteiger partial charge in [-0.2, -0.15) is 0 Å². The second-order valence-corrected chi connectivity index (χ2v) is 9.21. The van der Waals surface area contributed by atoms with Crippen LogP contribution < -0.4 is 10.2 Å². The molecule has 0 atom stereocenters. The molecule has 4 aliphatic carbocycles. The molecule has 27 heavy (non-hydrogen) atoms. The highest BCUT2D eigenvalue weighted by Crippen LogP contribution is 2.59. The highest BCUT2D eigenvalue weighted by atomic mass is 16.5. The number of nitrogens with one attached hydrogen (secondary N) is 1. The molecule has 1 aromatic rings. The summed E-state index contributed by atoms with van der Waals surface area (Å²) in [6.07, 6.45) is 7.98. The number of carbonyl (C=O) groups excluding carboxylic acids is 2. The normalized spacial score (nSPS) is 30.8. The summed E-state index contributed by atoms with van der Waals surface area (Å²) in [7, 11) is 3.89. The Bertz CT molecular complexity index is 675. The molecular weight excluding hydrogens is 340 g/mol. The van der Waals surface area contributed by atoms with E-state index in [0.717, 1.165) is 30.0 Å². The molecular formula is C22H30N2O3. The van der Waals surface area contributed by atoms with Crippen molar-refractivity contribution in [3.8, 4) is 0 Å². The van der Waals surface area contributed by atoms with Crippen LogP contribution in [0.25, 0.3) is 0 Å². The smallest absolute Gasteiger partial charge is 0.338 e. The number of rotatable bonds is 6. The first-order chi connectivity index (χ1) is 12.9. The fourth-order valence-electron chi connectivity index (χ4n) is 5.95. The highest BCUT2D eigenvalue weighted by molar-refractivity contribution is 5.91. The van der Waals surface area contributed by atoms with Gasteiger partial charge in [-0.1, -0.05) is 0 Å². The number of carbonyl (C=O) groups is 2. The van der Waals surface area contributed by atoms with Gasteiger partial charge in [0.15, 0.2) is 6.61 Å². The minimum absolute atomic E-state index is 0.191. The predicted molar refractivity (Wildman–Crippen MR) is 105 cm³/mol. The van der Waals surface area contributed by atoms with Crippen molar-refractivity contribution in [2.75, 3.05) is 32.1 Å². The Morgan fingerprint density at radius 3 is 2.11 bits per heavy atom. The molecule has 4 saturated carbocycles. The summed E-state index contributed by atoms with van der Waals surface area (Å²) in [5.41, 5.74) is 1.78. The fourth-order valence-corrected chi connectivity index (χ4v) is 5.95. The summed E-state index contributed by atoms with van der Waals surface area (Å²) in [6, 6.07) is 7.18. The van der Waals surface area contributed by atoms with Crippen LogP contribution in [0.1, 0.15) is 48.9 Å². The molecule has 1 aromatic carbocycles. The summed E-state index contributed by atoms with van der Waals surface area (Å²) in [4.78, 5) is 26.3. The molecule has 1 amide bonds. The first-order valence-corrected chi connectivity index (χ1v) is 10.1. The highest BCUT2D eigenvalue weighted by Gasteiger charge is 2.50. The number of anilines is 1. The van der Waals surface area contributed by atoms with Gasteiger partial charge in [-0.25, -0.2) is 4.79 Å². The first kappa shape index (κ1) is 18.3. The van der Waals surface area contributed by atoms with Crippen LogP contribution in [0.4, 0.5) is 5.69 Å². The molecule has 0 aromatic heterocycles. The topological polar surface area (TPSA) is 58.6 Å². The predicted octanol–water partition coefficient (Wildman–Crippen LogP) is 3.24. The first-order valence-electron chi connectivity index (χ1n) is 10.1. The minimum Gasteiger partial charge on any atom is -0.452 e. The summed E-state index contributed by atoms with van der Waals surface area (Å²) in [6.45, 7) is 0.533. The Morgan fingerprint density at radius 1 is 1.04 bits per heavy atom. The fraction of sp³-hybridized carbons (Fsp3) is 0.636. The van der Waals surface area contributed by atoms with Crippen LogP contribution >= 0.6 is 0 Å². The molecule has 0 saturated heterocycles. The summed E-state index contributed by atoms with van der Waals surface area (Å²) >= 11 is 0. The van der Waals surface area contributed by atoms with Gasteiger partial charge in [0, 0.05) is 26.3 Å². The maximum absolute atomic E-state index is 12.2. The number of hydrogen-bond acceptors (Lipinski definition) is 4. The van der Waals surface area contributed by atoms with Gasteiger partial charge in [-0.3, -0.25) is 4.79 Å². The van der Waals surface area contributed by atoms with Crippen LogP contribution in [0.2, 0.25) is 0 Å². The third-order valence-electron chi connectivity index (χ3n) is 6.78. The van der Waals surface area contributed by atoms with Gasteiger partial charge >= 0.3 is 5.97 Å². The number of esters is 1. The zero-order valence-electron chi connectivity index (χ0n) is 16.4. The van der Waals surface area contributed by atoms with Gasteiger partial charge in [0.2, 0.25) is 0 Å². The van der Waals surface area contributed by atoms with E-state index < -0.39 is 5.97 Å². The van der Waals surface area contributed by atoms with Crippen LogP contribution in [-0.4, -0.2) is 39.1 Å². The lowest BCUT2D eigenvalue weighted by Gasteiger charge is -2.56. The van der Waals surface area contributed by atoms with Crippen molar-refractivity contribution in [2.45, 2.75) is 38.5 Å². The monoisotopic (exact) mass is 370 g/mol. The average molecular weight is 370 g/mol. The zero-order valence-corrected chi connectivity index (χ0v) is 16.4. The molecule has 0 radical (unpaired) electrons. The molecule has 1 N–H and O–H groups in total. The van der Waals surface area contributed by atoms with E-state index in [9.17, 15) is 9.59 Å². The lowest BCUT2D eigenvalue weighted by Crippen LogP contribution is -2.51. The van der Waals surface area contributed by atoms with Gasteiger partial charge in [0.1, 0.15) is 0 Å². The standard InChI is InChI=1S/C22H30N2O3/c1-24(2)19-5-3-18(4-6-19)21(26)27-13-20(25)23-14-22-10-15-7-16(11-22)9-17(8-15)12-22/h3-6,15-17H,7-14H2,1-2H3,(H,23,25). The number of benzene rings is 1. The molecule has 4 fully saturated rings. The van der Waals surface area contributed by atoms with Crippen LogP contribution in [0.3, 0.4) is 0 Å². The second kappa shape index (κ2) is 7.17. The molecule has 5 nitrogen and oxygen atoms in total. The van der Waals surface area contributed by atoms with Crippen molar-refractivity contribution in [2.24, 2.45) is 23.2 Å². The van der Waals surface area contributed by atoms with E-state index in [1.54, 1.807) is 12.1 Å². The number of amides is 1. The van der Waals surface area contributed by atoms with E-state index in [1.807, 2.05) is 31.1 Å². The van der Waals surface area contributed by atoms with E-state index in [0.29, 0.717) is 11.0 Å². The van der Waals surface area contributed by atoms with Crippen LogP contribution in [0.15, 0.2) is 24.3 Å². The molecule has 0 spiro atoms. The van der Waals surface area contributed by atoms with E-state index in [1.165, 1.54) is 38.5 Å². The Morgan fingerprint density at radius 2 is 1.59 bits per heavy atom. The average Bonchev–Trinajstić information content (AvgIpc) is 2.63. The van der Waals surface area contributed by atoms with Gasteiger partial charge in [0.25, 0.3) is 5.91 Å². The number of hydrogen-bond donors (Lipinski definition) is 1. The van der Waals surface area contributed by atoms with E-state index in [-0.39, 0.29) is 12.5 Å². The lowest BCUT2D eigenvalue weighted by molar-refractivity contribution is -0.126. The molecule has 5 heteroatoms. The van der Waals surface area contributed by atoms with Crippen molar-refractivity contribution in [3.05, 3.63) is 29.8 Å².